The van der Waals surface area contributed by atoms with Gasteiger partial charge in [0.2, 0.25) is 11.8 Å². The van der Waals surface area contributed by atoms with Gasteiger partial charge in [-0.1, -0.05) is 13.3 Å². The van der Waals surface area contributed by atoms with Gasteiger partial charge in [0.05, 0.1) is 6.54 Å². The van der Waals surface area contributed by atoms with Crippen LogP contribution in [0.3, 0.4) is 0 Å². The normalized spacial score (nSPS) is 24.2. The number of carbonyl (C=O) groups is 2. The minimum Gasteiger partial charge on any atom is -0.339 e. The fourth-order valence-electron chi connectivity index (χ4n) is 3.26. The van der Waals surface area contributed by atoms with Gasteiger partial charge >= 0.3 is 0 Å². The molecule has 2 saturated heterocycles. The number of hydrogen-bond donors (Lipinski definition) is 0. The van der Waals surface area contributed by atoms with Crippen molar-refractivity contribution in [3.63, 3.8) is 0 Å². The van der Waals surface area contributed by atoms with Gasteiger partial charge in [-0.3, -0.25) is 14.5 Å². The molecule has 0 bridgehead atoms. The van der Waals surface area contributed by atoms with Gasteiger partial charge in [0.25, 0.3) is 0 Å². The molecule has 0 saturated carbocycles. The molecule has 0 aromatic carbocycles. The van der Waals surface area contributed by atoms with Gasteiger partial charge in [0, 0.05) is 44.9 Å². The van der Waals surface area contributed by atoms with Crippen LogP contribution in [0.2, 0.25) is 0 Å². The predicted octanol–water partition coefficient (Wildman–Crippen LogP) is 1.28. The number of carbonyl (C=O) groups excluding carboxylic acids is 2. The largest absolute Gasteiger partial charge is 0.339 e. The summed E-state index contributed by atoms with van der Waals surface area (Å²) in [6.07, 6.45) is 3.76. The molecular weight excluding hydrogens is 298 g/mol. The minimum atomic E-state index is 0.110. The number of nitrogens with zero attached hydrogens (tertiary/aromatic N) is 3. The molecule has 2 amide bonds. The minimum absolute atomic E-state index is 0.110. The van der Waals surface area contributed by atoms with E-state index < -0.39 is 0 Å². The predicted molar refractivity (Wildman–Crippen MR) is 91.0 cm³/mol. The SMILES string of the molecule is CCSC1CCCCN(CC(=O)N2CCN(C(C)=O)CC2)C1. The Morgan fingerprint density at radius 3 is 2.36 bits per heavy atom. The maximum Gasteiger partial charge on any atom is 0.236 e. The number of amides is 2. The molecule has 2 aliphatic rings. The number of thioether (sulfide) groups is 1. The van der Waals surface area contributed by atoms with Crippen molar-refractivity contribution < 1.29 is 9.59 Å². The number of likely N-dealkylation sites (tertiary alicyclic amines) is 1. The second-order valence-corrected chi connectivity index (χ2v) is 7.77. The van der Waals surface area contributed by atoms with E-state index in [0.717, 1.165) is 18.8 Å². The molecule has 0 aliphatic carbocycles. The summed E-state index contributed by atoms with van der Waals surface area (Å²) in [6.45, 7) is 9.14. The standard InChI is InChI=1S/C16H29N3O2S/c1-3-22-15-6-4-5-7-17(12-15)13-16(21)19-10-8-18(9-11-19)14(2)20/h15H,3-13H2,1-2H3. The van der Waals surface area contributed by atoms with Crippen molar-refractivity contribution in [2.24, 2.45) is 0 Å². The second-order valence-electron chi connectivity index (χ2n) is 6.20. The van der Waals surface area contributed by atoms with Crippen molar-refractivity contribution in [1.82, 2.24) is 14.7 Å². The van der Waals surface area contributed by atoms with E-state index in [0.29, 0.717) is 38.0 Å². The highest BCUT2D eigenvalue weighted by Crippen LogP contribution is 2.22. The zero-order valence-electron chi connectivity index (χ0n) is 13.9. The second kappa shape index (κ2) is 8.77. The molecule has 0 spiro atoms. The van der Waals surface area contributed by atoms with Gasteiger partial charge in [0.15, 0.2) is 0 Å². The summed E-state index contributed by atoms with van der Waals surface area (Å²) >= 11 is 2.02. The van der Waals surface area contributed by atoms with Crippen LogP contribution in [0.15, 0.2) is 0 Å². The monoisotopic (exact) mass is 327 g/mol. The fourth-order valence-corrected chi connectivity index (χ4v) is 4.38. The van der Waals surface area contributed by atoms with Gasteiger partial charge in [-0.2, -0.15) is 11.8 Å². The van der Waals surface area contributed by atoms with Crippen LogP contribution < -0.4 is 0 Å². The first-order valence-electron chi connectivity index (χ1n) is 8.47. The van der Waals surface area contributed by atoms with Crippen LogP contribution in [0, 0.1) is 0 Å². The van der Waals surface area contributed by atoms with Crippen molar-refractivity contribution in [3.8, 4) is 0 Å². The highest BCUT2D eigenvalue weighted by atomic mass is 32.2. The average Bonchev–Trinajstić information content (AvgIpc) is 2.73. The van der Waals surface area contributed by atoms with E-state index >= 15 is 0 Å². The molecule has 0 radical (unpaired) electrons. The zero-order chi connectivity index (χ0) is 15.9. The first kappa shape index (κ1) is 17.6. The first-order chi connectivity index (χ1) is 10.6. The highest BCUT2D eigenvalue weighted by Gasteiger charge is 2.25. The van der Waals surface area contributed by atoms with Crippen molar-refractivity contribution in [3.05, 3.63) is 0 Å². The van der Waals surface area contributed by atoms with E-state index in [2.05, 4.69) is 11.8 Å². The molecule has 1 unspecified atom stereocenters. The molecule has 126 valence electrons. The summed E-state index contributed by atoms with van der Waals surface area (Å²) in [4.78, 5) is 29.9. The summed E-state index contributed by atoms with van der Waals surface area (Å²) in [5.74, 6) is 1.49. The zero-order valence-corrected chi connectivity index (χ0v) is 14.7. The smallest absolute Gasteiger partial charge is 0.236 e. The van der Waals surface area contributed by atoms with Gasteiger partial charge < -0.3 is 9.80 Å². The first-order valence-corrected chi connectivity index (χ1v) is 9.52. The van der Waals surface area contributed by atoms with Crippen molar-refractivity contribution in [1.29, 1.82) is 0 Å². The average molecular weight is 327 g/mol. The number of hydrogen-bond acceptors (Lipinski definition) is 4. The molecule has 1 atom stereocenters. The Labute approximate surface area is 138 Å². The molecule has 0 aromatic rings. The lowest BCUT2D eigenvalue weighted by atomic mass is 10.2. The van der Waals surface area contributed by atoms with Crippen LogP contribution in [0.5, 0.6) is 0 Å². The van der Waals surface area contributed by atoms with E-state index in [1.165, 1.54) is 19.3 Å². The maximum absolute atomic E-state index is 12.5. The molecule has 2 fully saturated rings. The van der Waals surface area contributed by atoms with E-state index in [1.807, 2.05) is 21.6 Å². The Hall–Kier alpha value is -0.750. The third-order valence-electron chi connectivity index (χ3n) is 4.55. The summed E-state index contributed by atoms with van der Waals surface area (Å²) in [7, 11) is 0. The summed E-state index contributed by atoms with van der Waals surface area (Å²) in [5, 5.41) is 0.676. The lowest BCUT2D eigenvalue weighted by Gasteiger charge is -2.35. The quantitative estimate of drug-likeness (QED) is 0.780. The summed E-state index contributed by atoms with van der Waals surface area (Å²) in [6, 6.07) is 0. The van der Waals surface area contributed by atoms with Gasteiger partial charge in [-0.05, 0) is 25.1 Å². The highest BCUT2D eigenvalue weighted by molar-refractivity contribution is 7.99. The maximum atomic E-state index is 12.5. The van der Waals surface area contributed by atoms with Crippen LogP contribution in [0.4, 0.5) is 0 Å². The topological polar surface area (TPSA) is 43.9 Å². The molecule has 0 aromatic heterocycles. The third kappa shape index (κ3) is 5.16. The molecule has 22 heavy (non-hydrogen) atoms. The third-order valence-corrected chi connectivity index (χ3v) is 5.74. The van der Waals surface area contributed by atoms with Crippen LogP contribution in [0.1, 0.15) is 33.1 Å². The van der Waals surface area contributed by atoms with Gasteiger partial charge in [-0.25, -0.2) is 0 Å². The van der Waals surface area contributed by atoms with Gasteiger partial charge in [0.1, 0.15) is 0 Å². The Balaban J connectivity index is 1.79. The molecule has 0 N–H and O–H groups in total. The lowest BCUT2D eigenvalue weighted by molar-refractivity contribution is -0.139. The molecule has 6 heteroatoms. The fraction of sp³-hybridized carbons (Fsp3) is 0.875. The Bertz CT molecular complexity index is 384. The summed E-state index contributed by atoms with van der Waals surface area (Å²) in [5.41, 5.74) is 0. The summed E-state index contributed by atoms with van der Waals surface area (Å²) < 4.78 is 0. The van der Waals surface area contributed by atoms with Crippen LogP contribution in [-0.2, 0) is 9.59 Å². The van der Waals surface area contributed by atoms with E-state index in [1.54, 1.807) is 6.92 Å². The van der Waals surface area contributed by atoms with Crippen LogP contribution in [0.25, 0.3) is 0 Å². The van der Waals surface area contributed by atoms with E-state index in [-0.39, 0.29) is 11.8 Å². The molecule has 2 heterocycles. The van der Waals surface area contributed by atoms with E-state index in [4.69, 9.17) is 0 Å². The number of rotatable bonds is 4. The lowest BCUT2D eigenvalue weighted by Crippen LogP contribution is -2.52. The van der Waals surface area contributed by atoms with Crippen molar-refractivity contribution in [2.75, 3.05) is 51.6 Å². The molecule has 5 nitrogen and oxygen atoms in total. The Kier molecular flexibility index (Phi) is 7.02. The molecule has 2 rings (SSSR count). The Morgan fingerprint density at radius 1 is 1.05 bits per heavy atom. The Morgan fingerprint density at radius 2 is 1.73 bits per heavy atom. The van der Waals surface area contributed by atoms with E-state index in [9.17, 15) is 9.59 Å². The van der Waals surface area contributed by atoms with Crippen LogP contribution >= 0.6 is 11.8 Å². The molecule has 2 aliphatic heterocycles. The van der Waals surface area contributed by atoms with Gasteiger partial charge in [-0.15, -0.1) is 0 Å². The van der Waals surface area contributed by atoms with Crippen LogP contribution in [-0.4, -0.2) is 83.3 Å². The van der Waals surface area contributed by atoms with Crippen molar-refractivity contribution in [2.45, 2.75) is 38.4 Å². The molecular formula is C16H29N3O2S. The van der Waals surface area contributed by atoms with Crippen molar-refractivity contribution >= 4 is 23.6 Å². The number of piperazine rings is 1.